The Bertz CT molecular complexity index is 585. The largest absolute Gasteiger partial charge is 0.478 e. The van der Waals surface area contributed by atoms with Gasteiger partial charge in [-0.05, 0) is 40.2 Å². The summed E-state index contributed by atoms with van der Waals surface area (Å²) in [5.74, 6) is -2.00. The average Bonchev–Trinajstić information content (AvgIpc) is 2.72. The summed E-state index contributed by atoms with van der Waals surface area (Å²) in [6.45, 7) is 0.572. The highest BCUT2D eigenvalue weighted by Gasteiger charge is 2.10. The van der Waals surface area contributed by atoms with Gasteiger partial charge >= 0.3 is 5.97 Å². The number of carbonyl (C=O) groups is 1. The Labute approximate surface area is 115 Å². The molecule has 2 rings (SSSR count). The third-order valence-corrected chi connectivity index (χ3v) is 3.99. The predicted molar refractivity (Wildman–Crippen MR) is 72.7 cm³/mol. The van der Waals surface area contributed by atoms with E-state index in [1.165, 1.54) is 12.1 Å². The molecule has 2 aromatic rings. The summed E-state index contributed by atoms with van der Waals surface area (Å²) in [7, 11) is 0. The molecule has 3 nitrogen and oxygen atoms in total. The van der Waals surface area contributed by atoms with E-state index in [-0.39, 0.29) is 5.56 Å². The Morgan fingerprint density at radius 3 is 2.78 bits per heavy atom. The average molecular weight is 330 g/mol. The van der Waals surface area contributed by atoms with Crippen molar-refractivity contribution in [2.45, 2.75) is 6.54 Å². The molecule has 94 valence electrons. The van der Waals surface area contributed by atoms with Gasteiger partial charge in [-0.3, -0.25) is 0 Å². The number of hydrogen-bond donors (Lipinski definition) is 2. The summed E-state index contributed by atoms with van der Waals surface area (Å²) < 4.78 is 14.4. The molecule has 0 unspecified atom stereocenters. The van der Waals surface area contributed by atoms with Gasteiger partial charge in [0.15, 0.2) is 0 Å². The van der Waals surface area contributed by atoms with E-state index in [1.54, 1.807) is 17.4 Å². The number of carboxylic acids is 1. The van der Waals surface area contributed by atoms with Crippen molar-refractivity contribution in [2.24, 2.45) is 0 Å². The molecule has 0 spiro atoms. The molecule has 1 aromatic carbocycles. The van der Waals surface area contributed by atoms with Crippen LogP contribution in [0.1, 0.15) is 15.2 Å². The van der Waals surface area contributed by atoms with Gasteiger partial charge in [0, 0.05) is 27.0 Å². The van der Waals surface area contributed by atoms with Crippen molar-refractivity contribution in [2.75, 3.05) is 5.32 Å². The molecule has 0 bridgehead atoms. The topological polar surface area (TPSA) is 49.3 Å². The van der Waals surface area contributed by atoms with E-state index in [0.717, 1.165) is 9.35 Å². The van der Waals surface area contributed by atoms with Gasteiger partial charge in [0.25, 0.3) is 0 Å². The van der Waals surface area contributed by atoms with Crippen molar-refractivity contribution in [3.63, 3.8) is 0 Å². The van der Waals surface area contributed by atoms with Crippen molar-refractivity contribution in [3.8, 4) is 0 Å². The molecule has 6 heteroatoms. The number of anilines is 1. The monoisotopic (exact) mass is 329 g/mol. The van der Waals surface area contributed by atoms with Crippen LogP contribution in [0.4, 0.5) is 10.1 Å². The molecule has 0 aliphatic rings. The van der Waals surface area contributed by atoms with Crippen LogP contribution < -0.4 is 5.32 Å². The first-order chi connectivity index (χ1) is 8.56. The number of thiophene rings is 1. The highest BCUT2D eigenvalue weighted by Crippen LogP contribution is 2.21. The molecule has 18 heavy (non-hydrogen) atoms. The van der Waals surface area contributed by atoms with Gasteiger partial charge in [-0.2, -0.15) is 0 Å². The molecule has 0 aliphatic heterocycles. The Morgan fingerprint density at radius 2 is 2.22 bits per heavy atom. The minimum Gasteiger partial charge on any atom is -0.478 e. The van der Waals surface area contributed by atoms with E-state index in [2.05, 4.69) is 21.2 Å². The number of carboxylic acid groups (broad SMARTS) is 1. The van der Waals surface area contributed by atoms with Gasteiger partial charge in [-0.25, -0.2) is 9.18 Å². The SMILES string of the molecule is O=C(O)c1ccc(NCc2cc(Br)cs2)cc1F. The fourth-order valence-electron chi connectivity index (χ4n) is 1.43. The van der Waals surface area contributed by atoms with Gasteiger partial charge in [0.05, 0.1) is 5.56 Å². The molecule has 0 saturated heterocycles. The Hall–Kier alpha value is -1.40. The first-order valence-electron chi connectivity index (χ1n) is 5.06. The molecule has 0 fully saturated rings. The zero-order valence-electron chi connectivity index (χ0n) is 9.11. The number of nitrogens with one attached hydrogen (secondary N) is 1. The second-order valence-corrected chi connectivity index (χ2v) is 5.50. The number of rotatable bonds is 4. The zero-order valence-corrected chi connectivity index (χ0v) is 11.5. The first-order valence-corrected chi connectivity index (χ1v) is 6.73. The van der Waals surface area contributed by atoms with Crippen molar-refractivity contribution in [1.82, 2.24) is 0 Å². The predicted octanol–water partition coefficient (Wildman–Crippen LogP) is 3.96. The molecular formula is C12H9BrFNO2S. The van der Waals surface area contributed by atoms with E-state index in [0.29, 0.717) is 12.2 Å². The van der Waals surface area contributed by atoms with Gasteiger partial charge in [0.1, 0.15) is 5.82 Å². The van der Waals surface area contributed by atoms with E-state index < -0.39 is 11.8 Å². The van der Waals surface area contributed by atoms with Crippen LogP contribution in [0.2, 0.25) is 0 Å². The van der Waals surface area contributed by atoms with Crippen molar-refractivity contribution in [3.05, 3.63) is 50.4 Å². The lowest BCUT2D eigenvalue weighted by Gasteiger charge is -2.06. The van der Waals surface area contributed by atoms with Gasteiger partial charge in [0.2, 0.25) is 0 Å². The lowest BCUT2D eigenvalue weighted by molar-refractivity contribution is 0.0692. The zero-order chi connectivity index (χ0) is 13.1. The Kier molecular flexibility index (Phi) is 3.98. The summed E-state index contributed by atoms with van der Waals surface area (Å²) in [5, 5.41) is 13.7. The maximum atomic E-state index is 13.4. The first kappa shape index (κ1) is 13.0. The molecule has 0 radical (unpaired) electrons. The quantitative estimate of drug-likeness (QED) is 0.892. The van der Waals surface area contributed by atoms with E-state index >= 15 is 0 Å². The second-order valence-electron chi connectivity index (χ2n) is 3.58. The molecule has 2 N–H and O–H groups in total. The van der Waals surface area contributed by atoms with Crippen molar-refractivity contribution in [1.29, 1.82) is 0 Å². The number of halogens is 2. The van der Waals surface area contributed by atoms with Crippen LogP contribution in [-0.2, 0) is 6.54 Å². The highest BCUT2D eigenvalue weighted by atomic mass is 79.9. The molecule has 0 aliphatic carbocycles. The van der Waals surface area contributed by atoms with Crippen LogP contribution in [0.15, 0.2) is 34.1 Å². The number of benzene rings is 1. The maximum Gasteiger partial charge on any atom is 0.338 e. The van der Waals surface area contributed by atoms with Crippen LogP contribution in [0, 0.1) is 5.82 Å². The summed E-state index contributed by atoms with van der Waals surface area (Å²) >= 11 is 4.94. The third-order valence-electron chi connectivity index (χ3n) is 2.29. The maximum absolute atomic E-state index is 13.4. The minimum atomic E-state index is -1.26. The van der Waals surface area contributed by atoms with E-state index in [1.807, 2.05) is 11.4 Å². The Morgan fingerprint density at radius 1 is 1.44 bits per heavy atom. The fraction of sp³-hybridized carbons (Fsp3) is 0.0833. The number of aromatic carboxylic acids is 1. The van der Waals surface area contributed by atoms with Crippen LogP contribution in [0.5, 0.6) is 0 Å². The van der Waals surface area contributed by atoms with Gasteiger partial charge in [-0.1, -0.05) is 0 Å². The van der Waals surface area contributed by atoms with Crippen molar-refractivity contribution >= 4 is 38.9 Å². The fourth-order valence-corrected chi connectivity index (χ4v) is 2.82. The molecule has 0 saturated carbocycles. The van der Waals surface area contributed by atoms with Crippen LogP contribution >= 0.6 is 27.3 Å². The standard InChI is InChI=1S/C12H9BrFNO2S/c13-7-3-9(18-6-7)5-15-8-1-2-10(12(16)17)11(14)4-8/h1-4,6,15H,5H2,(H,16,17). The lowest BCUT2D eigenvalue weighted by Crippen LogP contribution is -2.03. The highest BCUT2D eigenvalue weighted by molar-refractivity contribution is 9.10. The van der Waals surface area contributed by atoms with Crippen molar-refractivity contribution < 1.29 is 14.3 Å². The lowest BCUT2D eigenvalue weighted by atomic mass is 10.2. The summed E-state index contributed by atoms with van der Waals surface area (Å²) in [4.78, 5) is 11.8. The molecule has 0 atom stereocenters. The van der Waals surface area contributed by atoms with Gasteiger partial charge < -0.3 is 10.4 Å². The summed E-state index contributed by atoms with van der Waals surface area (Å²) in [6, 6.07) is 5.96. The van der Waals surface area contributed by atoms with Gasteiger partial charge in [-0.15, -0.1) is 11.3 Å². The normalized spacial score (nSPS) is 10.3. The molecular weight excluding hydrogens is 321 g/mol. The smallest absolute Gasteiger partial charge is 0.338 e. The Balaban J connectivity index is 2.06. The molecule has 1 heterocycles. The summed E-state index contributed by atoms with van der Waals surface area (Å²) in [6.07, 6.45) is 0. The molecule has 0 amide bonds. The van der Waals surface area contributed by atoms with Crippen LogP contribution in [0.25, 0.3) is 0 Å². The van der Waals surface area contributed by atoms with Crippen LogP contribution in [-0.4, -0.2) is 11.1 Å². The molecule has 1 aromatic heterocycles. The van der Waals surface area contributed by atoms with E-state index in [9.17, 15) is 9.18 Å². The second kappa shape index (κ2) is 5.49. The number of hydrogen-bond acceptors (Lipinski definition) is 3. The van der Waals surface area contributed by atoms with E-state index in [4.69, 9.17) is 5.11 Å². The van der Waals surface area contributed by atoms with Crippen LogP contribution in [0.3, 0.4) is 0 Å². The third kappa shape index (κ3) is 3.08. The summed E-state index contributed by atoms with van der Waals surface area (Å²) in [5.41, 5.74) is 0.237. The minimum absolute atomic E-state index is 0.320.